The Morgan fingerprint density at radius 3 is 1.02 bits per heavy atom. The van der Waals surface area contributed by atoms with Crippen LogP contribution in [0, 0.1) is 71.0 Å². The van der Waals surface area contributed by atoms with Crippen LogP contribution < -0.4 is 0 Å². The van der Waals surface area contributed by atoms with Gasteiger partial charge in [0.25, 0.3) is 0 Å². The number of hydrogen-bond donors (Lipinski definition) is 5. The minimum Gasteiger partial charge on any atom is -0.465 e. The van der Waals surface area contributed by atoms with Crippen molar-refractivity contribution in [3.63, 3.8) is 0 Å². The zero-order valence-corrected chi connectivity index (χ0v) is 72.2. The van der Waals surface area contributed by atoms with Gasteiger partial charge in [0, 0.05) is 27.7 Å². The second-order valence-corrected chi connectivity index (χ2v) is 38.2. The van der Waals surface area contributed by atoms with Gasteiger partial charge in [-0.2, -0.15) is 0 Å². The van der Waals surface area contributed by atoms with E-state index in [2.05, 4.69) is 6.08 Å². The van der Waals surface area contributed by atoms with E-state index >= 15 is 0 Å². The van der Waals surface area contributed by atoms with Crippen LogP contribution in [-0.4, -0.2) is 253 Å². The van der Waals surface area contributed by atoms with Gasteiger partial charge >= 0.3 is 59.7 Å². The maximum absolute atomic E-state index is 13.0. The van der Waals surface area contributed by atoms with Crippen LogP contribution in [0.15, 0.2) is 24.3 Å². The molecule has 5 N–H and O–H groups in total. The van der Waals surface area contributed by atoms with Gasteiger partial charge in [-0.25, -0.2) is 0 Å². The summed E-state index contributed by atoms with van der Waals surface area (Å²) < 4.78 is 89.2. The molecule has 12 aliphatic carbocycles. The van der Waals surface area contributed by atoms with Crippen LogP contribution in [0.5, 0.6) is 0 Å². The monoisotopic (exact) mass is 1740 g/mol. The van der Waals surface area contributed by atoms with E-state index in [0.717, 1.165) is 116 Å². The molecule has 31 nitrogen and oxygen atoms in total. The molecule has 123 heavy (non-hydrogen) atoms. The number of fused-ring (bicyclic) bond motifs is 4. The number of epoxide rings is 4. The van der Waals surface area contributed by atoms with Crippen molar-refractivity contribution in [1.82, 2.24) is 0 Å². The van der Waals surface area contributed by atoms with E-state index in [-0.39, 0.29) is 120 Å². The fraction of sp³-hybridized carbons (Fsp3) is 0.848. The number of carbonyl (C=O) groups excluding carboxylic acids is 10. The van der Waals surface area contributed by atoms with Crippen LogP contribution in [0.1, 0.15) is 252 Å². The molecule has 0 aromatic heterocycles. The van der Waals surface area contributed by atoms with Crippen molar-refractivity contribution >= 4 is 59.7 Å². The Morgan fingerprint density at radius 2 is 0.585 bits per heavy atom. The zero-order valence-electron chi connectivity index (χ0n) is 72.2. The summed E-state index contributed by atoms with van der Waals surface area (Å²) in [6, 6.07) is 0. The quantitative estimate of drug-likeness (QED) is 0.0234. The molecule has 0 radical (unpaired) electrons. The summed E-state index contributed by atoms with van der Waals surface area (Å²) in [5, 5.41) is 51.6. The Morgan fingerprint density at radius 1 is 0.260 bits per heavy atom. The number of aliphatic hydroxyl groups is 5. The average Bonchev–Trinajstić information content (AvgIpc) is 1.65. The van der Waals surface area contributed by atoms with Crippen LogP contribution in [0.4, 0.5) is 0 Å². The lowest BCUT2D eigenvalue weighted by molar-refractivity contribution is -0.185. The van der Waals surface area contributed by atoms with Crippen LogP contribution >= 0.6 is 0 Å². The molecule has 14 fully saturated rings. The highest BCUT2D eigenvalue weighted by Crippen LogP contribution is 2.45. The lowest BCUT2D eigenvalue weighted by Crippen LogP contribution is -2.47. The Bertz CT molecular complexity index is 3590. The number of hydrogen-bond acceptors (Lipinski definition) is 31. The van der Waals surface area contributed by atoms with Crippen LogP contribution in [-0.2, 0) is 124 Å². The first kappa shape index (κ1) is 94.4. The molecular formula is C92H136O31. The lowest BCUT2D eigenvalue weighted by Gasteiger charge is -2.40. The van der Waals surface area contributed by atoms with E-state index in [1.807, 2.05) is 18.2 Å². The predicted octanol–water partition coefficient (Wildman–Crippen LogP) is 8.64. The number of esters is 10. The van der Waals surface area contributed by atoms with Crippen molar-refractivity contribution in [2.45, 2.75) is 381 Å². The normalized spacial score (nSPS) is 40.4. The fourth-order valence-electron chi connectivity index (χ4n) is 20.9. The zero-order chi connectivity index (χ0) is 87.0. The number of aliphatic hydroxyl groups excluding tert-OH is 5. The highest BCUT2D eigenvalue weighted by Gasteiger charge is 2.51. The summed E-state index contributed by atoms with van der Waals surface area (Å²) in [5.74, 6) is -2.93. The molecule has 10 saturated carbocycles. The van der Waals surface area contributed by atoms with Gasteiger partial charge < -0.3 is 101 Å². The maximum atomic E-state index is 13.0. The number of ether oxygens (including phenoxy) is 16. The van der Waals surface area contributed by atoms with Gasteiger partial charge in [-0.1, -0.05) is 24.3 Å². The summed E-state index contributed by atoms with van der Waals surface area (Å²) in [5.41, 5.74) is 0. The molecular weight excluding hydrogens is 1600 g/mol. The minimum atomic E-state index is -0.880. The molecule has 0 spiro atoms. The molecule has 31 heteroatoms. The first-order chi connectivity index (χ1) is 59.1. The van der Waals surface area contributed by atoms with Gasteiger partial charge in [0.1, 0.15) is 24.4 Å². The molecule has 0 aromatic rings. The second kappa shape index (κ2) is 45.1. The minimum absolute atomic E-state index is 0.0164. The standard InChI is InChI=1S/2C30H44O10.C16H24O6.C16H24O5/c1-16(31)37-22-9-5-20(30(34)36-15-18-3-8-24-27(11-18)39-24)13-28(22)40-25-12-19(4-6-21(25)32)29(33)35-14-17-2-7-23-26(10-17)38-23;1-17(31)38-25-10-7-21(14-24(25)33)30(35)37-15-18-5-8-23(32)27(11-18)39-22-4-2-3-20(13-22)29(34)36-16-19-6-9-26-28(12-19)40-26;1-9(17)21-13-4-2-10(6-12(13)18)8-20-16(19)11-3-5-14-15(7-11)22-14;1-11(17)21-15-8-7-12(9-14(15)18)10-20-16(19)13-5-3-2-4-6-13/h17-28,32H,2-15H2,1H3;2,4,18-28,32-33H,3,5-16H2,1H3;10-15,18H,2-8H2,1H3;2-3,12-15,18H,4-10H2,1H3. The van der Waals surface area contributed by atoms with E-state index < -0.39 is 91.1 Å². The molecule has 4 aliphatic heterocycles. The Kier molecular flexibility index (Phi) is 34.6. The Hall–Kier alpha value is -6.26. The van der Waals surface area contributed by atoms with Gasteiger partial charge in [-0.05, 0) is 260 Å². The SMILES string of the molecule is CC(=O)OC1CCC(C(=O)OCC2CCC(O)C(OC3C=CCC(C(=O)OCC4CCC5OC5C4)C3)C2)CC1O.CC(=O)OC1CCC(C(=O)OCC2CCC3OC3C2)CC1OC1CC(C(=O)OCC2CCC3OC3C2)CCC1O.CC(=O)OC1CCC(COC(=O)C2CC=CCC2)CC1O.CC(=O)OC1CCC(COC(=O)C2CCC3OC3C2)CC1O. The van der Waals surface area contributed by atoms with Crippen molar-refractivity contribution in [2.75, 3.05) is 39.6 Å². The van der Waals surface area contributed by atoms with E-state index in [4.69, 9.17) is 75.8 Å². The predicted molar refractivity (Wildman–Crippen MR) is 432 cm³/mol. The third-order valence-electron chi connectivity index (χ3n) is 28.5. The topological polar surface area (TPSA) is 433 Å². The van der Waals surface area contributed by atoms with Crippen LogP contribution in [0.3, 0.4) is 0 Å². The van der Waals surface area contributed by atoms with Gasteiger partial charge in [0.2, 0.25) is 0 Å². The summed E-state index contributed by atoms with van der Waals surface area (Å²) in [6.07, 6.45) is 28.5. The Labute approximate surface area is 721 Å². The average molecular weight is 1740 g/mol. The molecule has 0 bridgehead atoms. The number of carbonyl (C=O) groups is 10. The molecule has 16 aliphatic rings. The van der Waals surface area contributed by atoms with E-state index in [0.29, 0.717) is 196 Å². The van der Waals surface area contributed by atoms with Gasteiger partial charge in [-0.3, -0.25) is 47.9 Å². The van der Waals surface area contributed by atoms with Crippen molar-refractivity contribution < 1.29 is 149 Å². The third-order valence-corrected chi connectivity index (χ3v) is 28.5. The van der Waals surface area contributed by atoms with Crippen LogP contribution in [0.2, 0.25) is 0 Å². The summed E-state index contributed by atoms with van der Waals surface area (Å²) >= 11 is 0. The fourth-order valence-corrected chi connectivity index (χ4v) is 20.9. The summed E-state index contributed by atoms with van der Waals surface area (Å²) in [4.78, 5) is 120. The maximum Gasteiger partial charge on any atom is 0.309 e. The third kappa shape index (κ3) is 28.9. The van der Waals surface area contributed by atoms with E-state index in [9.17, 15) is 73.5 Å². The second-order valence-electron chi connectivity index (χ2n) is 38.2. The highest BCUT2D eigenvalue weighted by atomic mass is 16.6. The largest absolute Gasteiger partial charge is 0.465 e. The molecule has 33 unspecified atom stereocenters. The first-order valence-corrected chi connectivity index (χ1v) is 46.5. The van der Waals surface area contributed by atoms with E-state index in [1.54, 1.807) is 0 Å². The number of rotatable bonds is 26. The van der Waals surface area contributed by atoms with Crippen LogP contribution in [0.25, 0.3) is 0 Å². The van der Waals surface area contributed by atoms with Gasteiger partial charge in [-0.15, -0.1) is 0 Å². The first-order valence-electron chi connectivity index (χ1n) is 46.5. The van der Waals surface area contributed by atoms with Gasteiger partial charge in [0.15, 0.2) is 0 Å². The summed E-state index contributed by atoms with van der Waals surface area (Å²) in [7, 11) is 0. The van der Waals surface area contributed by atoms with Crippen molar-refractivity contribution in [2.24, 2.45) is 71.0 Å². The molecule has 0 amide bonds. The molecule has 690 valence electrons. The summed E-state index contributed by atoms with van der Waals surface area (Å²) in [6.45, 7) is 7.54. The van der Waals surface area contributed by atoms with E-state index in [1.165, 1.54) is 27.7 Å². The molecule has 4 heterocycles. The van der Waals surface area contributed by atoms with Gasteiger partial charge in [0.05, 0.1) is 179 Å². The molecule has 4 saturated heterocycles. The molecule has 16 rings (SSSR count). The molecule has 0 aromatic carbocycles. The van der Waals surface area contributed by atoms with Crippen molar-refractivity contribution in [3.05, 3.63) is 24.3 Å². The highest BCUT2D eigenvalue weighted by molar-refractivity contribution is 5.75. The lowest BCUT2D eigenvalue weighted by atomic mass is 9.83. The number of allylic oxidation sites excluding steroid dienone is 3. The smallest absolute Gasteiger partial charge is 0.309 e. The molecule has 33 atom stereocenters. The Balaban J connectivity index is 0.000000147. The van der Waals surface area contributed by atoms with Crippen molar-refractivity contribution in [3.8, 4) is 0 Å². The van der Waals surface area contributed by atoms with Crippen molar-refractivity contribution in [1.29, 1.82) is 0 Å².